The third-order valence-corrected chi connectivity index (χ3v) is 8.53. The summed E-state index contributed by atoms with van der Waals surface area (Å²) in [5.41, 5.74) is 0.716. The Hall–Kier alpha value is -3.63. The number of hydrogen-bond acceptors (Lipinski definition) is 7. The second-order valence-electron chi connectivity index (χ2n) is 11.3. The molecule has 10 heteroatoms. The minimum Gasteiger partial charge on any atom is -0.491 e. The molecule has 0 aromatic heterocycles. The van der Waals surface area contributed by atoms with Crippen molar-refractivity contribution in [2.75, 3.05) is 45.9 Å². The summed E-state index contributed by atoms with van der Waals surface area (Å²) in [5, 5.41) is 24.8. The van der Waals surface area contributed by atoms with Crippen LogP contribution in [0.5, 0.6) is 11.5 Å². The number of aliphatic hydroxyl groups is 2. The molecule has 2 aromatic rings. The first kappa shape index (κ1) is 28.9. The van der Waals surface area contributed by atoms with Crippen LogP contribution in [0, 0.1) is 5.41 Å². The van der Waals surface area contributed by atoms with Crippen molar-refractivity contribution in [3.05, 3.63) is 59.7 Å². The number of amides is 3. The lowest BCUT2D eigenvalue weighted by atomic mass is 9.73. The third kappa shape index (κ3) is 7.00. The lowest BCUT2D eigenvalue weighted by Gasteiger charge is -2.43. The molecule has 2 aromatic carbocycles. The molecule has 0 radical (unpaired) electrons. The van der Waals surface area contributed by atoms with Crippen LogP contribution in [0.4, 0.5) is 0 Å². The molecule has 3 amide bonds. The van der Waals surface area contributed by atoms with E-state index in [2.05, 4.69) is 5.32 Å². The minimum atomic E-state index is -1.00. The molecule has 0 aliphatic carbocycles. The van der Waals surface area contributed by atoms with Gasteiger partial charge in [-0.2, -0.15) is 0 Å². The van der Waals surface area contributed by atoms with Crippen molar-refractivity contribution in [1.29, 1.82) is 0 Å². The lowest BCUT2D eigenvalue weighted by molar-refractivity contribution is -0.128. The zero-order chi connectivity index (χ0) is 28.8. The maximum absolute atomic E-state index is 13.6. The largest absolute Gasteiger partial charge is 0.491 e. The zero-order valence-corrected chi connectivity index (χ0v) is 23.3. The van der Waals surface area contributed by atoms with Gasteiger partial charge in [-0.3, -0.25) is 14.4 Å². The number of nitrogens with zero attached hydrogens (tertiary/aromatic N) is 2. The van der Waals surface area contributed by atoms with Crippen LogP contribution in [0.1, 0.15) is 48.0 Å². The van der Waals surface area contributed by atoms with Gasteiger partial charge in [-0.05, 0) is 54.9 Å². The van der Waals surface area contributed by atoms with Gasteiger partial charge in [0.2, 0.25) is 5.91 Å². The Morgan fingerprint density at radius 2 is 1.78 bits per heavy atom. The summed E-state index contributed by atoms with van der Waals surface area (Å²) < 4.78 is 11.7. The van der Waals surface area contributed by atoms with Gasteiger partial charge in [0.15, 0.2) is 6.61 Å². The Kier molecular flexibility index (Phi) is 9.09. The van der Waals surface area contributed by atoms with Crippen LogP contribution < -0.4 is 14.8 Å². The molecular formula is C31H39N3O7. The monoisotopic (exact) mass is 565 g/mol. The first-order valence-electron chi connectivity index (χ1n) is 14.5. The van der Waals surface area contributed by atoms with Crippen molar-refractivity contribution in [2.24, 2.45) is 5.41 Å². The van der Waals surface area contributed by atoms with Crippen molar-refractivity contribution >= 4 is 17.7 Å². The summed E-state index contributed by atoms with van der Waals surface area (Å²) in [4.78, 5) is 41.6. The molecule has 3 heterocycles. The fourth-order valence-corrected chi connectivity index (χ4v) is 6.02. The summed E-state index contributed by atoms with van der Waals surface area (Å²) in [5.74, 6) is 0.745. The van der Waals surface area contributed by atoms with Crippen molar-refractivity contribution in [3.63, 3.8) is 0 Å². The highest BCUT2D eigenvalue weighted by molar-refractivity contribution is 5.97. The number of carbonyl (C=O) groups is 3. The normalized spacial score (nSPS) is 23.2. The second kappa shape index (κ2) is 12.9. The highest BCUT2D eigenvalue weighted by Crippen LogP contribution is 2.38. The number of carbonyl (C=O) groups excluding carboxylic acids is 3. The van der Waals surface area contributed by atoms with Crippen molar-refractivity contribution < 1.29 is 34.1 Å². The molecule has 3 N–H and O–H groups in total. The number of hydrogen-bond donors (Lipinski definition) is 3. The van der Waals surface area contributed by atoms with Gasteiger partial charge in [0, 0.05) is 39.0 Å². The SMILES string of the molecule is O=C1COc2ccccc2C[C@H](O)[C@H](O)CC2(CCN(C(=O)c3ccccc3OCCN3CCCC3=O)CC2)CN1. The molecule has 0 bridgehead atoms. The van der Waals surface area contributed by atoms with Gasteiger partial charge < -0.3 is 34.8 Å². The summed E-state index contributed by atoms with van der Waals surface area (Å²) in [6, 6.07) is 14.3. The molecule has 5 rings (SSSR count). The molecule has 0 saturated carbocycles. The molecule has 1 spiro atoms. The average Bonchev–Trinajstić information content (AvgIpc) is 3.39. The number of ether oxygens (including phenoxy) is 2. The van der Waals surface area contributed by atoms with E-state index in [9.17, 15) is 24.6 Å². The topological polar surface area (TPSA) is 129 Å². The predicted octanol–water partition coefficient (Wildman–Crippen LogP) is 1.77. The molecule has 0 unspecified atom stereocenters. The number of rotatable bonds is 5. The Morgan fingerprint density at radius 1 is 1.02 bits per heavy atom. The summed E-state index contributed by atoms with van der Waals surface area (Å²) in [6.45, 7) is 2.60. The lowest BCUT2D eigenvalue weighted by Crippen LogP contribution is -2.51. The smallest absolute Gasteiger partial charge is 0.257 e. The standard InChI is InChI=1S/C31H39N3O7/c35-24-18-22-6-1-3-8-26(22)41-20-28(37)32-21-31(19-25(24)36)11-14-34(15-12-31)30(39)23-7-2-4-9-27(23)40-17-16-33-13-5-10-29(33)38/h1-4,6-9,24-25,35-36H,5,10-21H2,(H,32,37)/t24-,25+/m0/s1. The molecule has 3 aliphatic rings. The maximum atomic E-state index is 13.6. The molecule has 2 saturated heterocycles. The quantitative estimate of drug-likeness (QED) is 0.504. The number of nitrogens with one attached hydrogen (secondary N) is 1. The predicted molar refractivity (Wildman–Crippen MR) is 151 cm³/mol. The van der Waals surface area contributed by atoms with Gasteiger partial charge in [0.05, 0.1) is 24.3 Å². The first-order valence-corrected chi connectivity index (χ1v) is 14.5. The fraction of sp³-hybridized carbons (Fsp3) is 0.516. The Labute approximate surface area is 240 Å². The first-order chi connectivity index (χ1) is 19.8. The van der Waals surface area contributed by atoms with E-state index in [1.807, 2.05) is 18.2 Å². The van der Waals surface area contributed by atoms with Crippen LogP contribution in [0.15, 0.2) is 48.5 Å². The number of aliphatic hydroxyl groups excluding tert-OH is 2. The third-order valence-electron chi connectivity index (χ3n) is 8.53. The fourth-order valence-electron chi connectivity index (χ4n) is 6.02. The van der Waals surface area contributed by atoms with E-state index in [0.29, 0.717) is 75.5 Å². The minimum absolute atomic E-state index is 0.137. The van der Waals surface area contributed by atoms with Gasteiger partial charge in [-0.1, -0.05) is 30.3 Å². The van der Waals surface area contributed by atoms with Crippen LogP contribution in [-0.2, 0) is 16.0 Å². The Balaban J connectivity index is 1.23. The van der Waals surface area contributed by atoms with E-state index in [0.717, 1.165) is 18.5 Å². The van der Waals surface area contributed by atoms with Crippen LogP contribution in [0.3, 0.4) is 0 Å². The molecule has 2 atom stereocenters. The van der Waals surface area contributed by atoms with Gasteiger partial charge in [0.1, 0.15) is 18.1 Å². The van der Waals surface area contributed by atoms with Crippen LogP contribution in [0.25, 0.3) is 0 Å². The van der Waals surface area contributed by atoms with E-state index in [1.54, 1.807) is 40.1 Å². The van der Waals surface area contributed by atoms with E-state index in [-0.39, 0.29) is 30.7 Å². The molecule has 10 nitrogen and oxygen atoms in total. The van der Waals surface area contributed by atoms with Crippen molar-refractivity contribution in [2.45, 2.75) is 50.7 Å². The van der Waals surface area contributed by atoms with Crippen molar-refractivity contribution in [3.8, 4) is 11.5 Å². The van der Waals surface area contributed by atoms with Gasteiger partial charge in [-0.15, -0.1) is 0 Å². The molecule has 3 aliphatic heterocycles. The Morgan fingerprint density at radius 3 is 2.56 bits per heavy atom. The average molecular weight is 566 g/mol. The number of piperidine rings is 1. The maximum Gasteiger partial charge on any atom is 0.257 e. The van der Waals surface area contributed by atoms with E-state index in [1.165, 1.54) is 0 Å². The second-order valence-corrected chi connectivity index (χ2v) is 11.3. The zero-order valence-electron chi connectivity index (χ0n) is 23.3. The van der Waals surface area contributed by atoms with Gasteiger partial charge in [-0.25, -0.2) is 0 Å². The number of likely N-dealkylation sites (tertiary alicyclic amines) is 2. The van der Waals surface area contributed by atoms with Crippen LogP contribution in [-0.4, -0.2) is 95.9 Å². The Bertz CT molecular complexity index is 1240. The van der Waals surface area contributed by atoms with E-state index in [4.69, 9.17) is 9.47 Å². The molecular weight excluding hydrogens is 526 g/mol. The van der Waals surface area contributed by atoms with Gasteiger partial charge in [0.25, 0.3) is 11.8 Å². The van der Waals surface area contributed by atoms with Crippen molar-refractivity contribution in [1.82, 2.24) is 15.1 Å². The number of fused-ring (bicyclic) bond motifs is 1. The van der Waals surface area contributed by atoms with E-state index < -0.39 is 17.6 Å². The molecule has 2 fully saturated rings. The van der Waals surface area contributed by atoms with Crippen LogP contribution in [0.2, 0.25) is 0 Å². The molecule has 220 valence electrons. The number of benzene rings is 2. The summed E-state index contributed by atoms with van der Waals surface area (Å²) >= 11 is 0. The molecule has 41 heavy (non-hydrogen) atoms. The summed E-state index contributed by atoms with van der Waals surface area (Å²) in [7, 11) is 0. The van der Waals surface area contributed by atoms with Gasteiger partial charge >= 0.3 is 0 Å². The highest BCUT2D eigenvalue weighted by atomic mass is 16.5. The number of para-hydroxylation sites is 2. The van der Waals surface area contributed by atoms with Crippen LogP contribution >= 0.6 is 0 Å². The summed E-state index contributed by atoms with van der Waals surface area (Å²) in [6.07, 6.45) is 1.07. The van der Waals surface area contributed by atoms with E-state index >= 15 is 0 Å². The highest BCUT2D eigenvalue weighted by Gasteiger charge is 2.40.